The van der Waals surface area contributed by atoms with Gasteiger partial charge in [-0.15, -0.1) is 10.2 Å². The van der Waals surface area contributed by atoms with Crippen LogP contribution in [0.2, 0.25) is 0 Å². The van der Waals surface area contributed by atoms with Gasteiger partial charge in [0.1, 0.15) is 16.8 Å². The highest BCUT2D eigenvalue weighted by Gasteiger charge is 2.37. The summed E-state index contributed by atoms with van der Waals surface area (Å²) in [5.41, 5.74) is 4.91. The molecule has 0 aliphatic carbocycles. The lowest BCUT2D eigenvalue weighted by Gasteiger charge is -2.33. The van der Waals surface area contributed by atoms with Crippen LogP contribution in [0, 0.1) is 5.82 Å². The molecule has 0 spiro atoms. The molecule has 4 rings (SSSR count). The molecule has 1 amide bonds. The van der Waals surface area contributed by atoms with E-state index in [0.29, 0.717) is 17.5 Å². The highest BCUT2D eigenvalue weighted by Crippen LogP contribution is 2.38. The Bertz CT molecular complexity index is 1040. The van der Waals surface area contributed by atoms with Crippen molar-refractivity contribution in [2.24, 2.45) is 0 Å². The normalized spacial score (nSPS) is 17.5. The van der Waals surface area contributed by atoms with Gasteiger partial charge in [0, 0.05) is 12.1 Å². The number of nitrogens with one attached hydrogen (secondary N) is 2. The summed E-state index contributed by atoms with van der Waals surface area (Å²) in [6.07, 6.45) is 1.72. The van der Waals surface area contributed by atoms with Gasteiger partial charge in [-0.05, 0) is 55.3 Å². The van der Waals surface area contributed by atoms with Crippen LogP contribution < -0.4 is 15.5 Å². The fourth-order valence-corrected chi connectivity index (χ4v) is 4.52. The number of rotatable bonds is 7. The first-order valence-corrected chi connectivity index (χ1v) is 11.1. The molecular formula is C22H24FN5O2S. The Morgan fingerprint density at radius 2 is 1.90 bits per heavy atom. The lowest BCUT2D eigenvalue weighted by molar-refractivity contribution is -0.116. The van der Waals surface area contributed by atoms with E-state index in [4.69, 9.17) is 4.74 Å². The van der Waals surface area contributed by atoms with Gasteiger partial charge in [-0.25, -0.2) is 9.07 Å². The van der Waals surface area contributed by atoms with Crippen molar-refractivity contribution in [2.75, 3.05) is 17.3 Å². The summed E-state index contributed by atoms with van der Waals surface area (Å²) in [6.45, 7) is 4.61. The van der Waals surface area contributed by atoms with Crippen LogP contribution in [-0.2, 0) is 11.2 Å². The van der Waals surface area contributed by atoms with Gasteiger partial charge in [0.25, 0.3) is 0 Å². The van der Waals surface area contributed by atoms with Crippen LogP contribution in [0.1, 0.15) is 37.7 Å². The summed E-state index contributed by atoms with van der Waals surface area (Å²) < 4.78 is 20.6. The van der Waals surface area contributed by atoms with Gasteiger partial charge in [0.2, 0.25) is 11.1 Å². The number of nitrogens with zero attached hydrogens (tertiary/aromatic N) is 3. The minimum atomic E-state index is -0.505. The largest absolute Gasteiger partial charge is 0.494 e. The Labute approximate surface area is 184 Å². The van der Waals surface area contributed by atoms with E-state index in [9.17, 15) is 9.18 Å². The quantitative estimate of drug-likeness (QED) is 0.573. The van der Waals surface area contributed by atoms with E-state index in [1.807, 2.05) is 35.9 Å². The van der Waals surface area contributed by atoms with Gasteiger partial charge < -0.3 is 15.5 Å². The Kier molecular flexibility index (Phi) is 6.41. The van der Waals surface area contributed by atoms with Crippen molar-refractivity contribution in [1.29, 1.82) is 0 Å². The number of aromatic nitrogens is 3. The van der Waals surface area contributed by atoms with E-state index in [1.165, 1.54) is 23.9 Å². The number of carbonyl (C=O) groups excluding carboxylic acids is 1. The molecule has 0 unspecified atom stereocenters. The average molecular weight is 442 g/mol. The number of thioether (sulfide) groups is 1. The molecule has 0 radical (unpaired) electrons. The van der Waals surface area contributed by atoms with Gasteiger partial charge in [-0.3, -0.25) is 4.79 Å². The standard InChI is InChI=1S/C22H24FN5O2S/c1-3-5-18-25-26-22-28(18)27-19(14-6-12-17(13-7-14)30-4-2)20(31-22)21(29)24-16-10-8-15(23)9-11-16/h6-13,19-20,27H,3-5H2,1-2H3,(H,24,29)/t19-,20-/m0/s1. The van der Waals surface area contributed by atoms with Gasteiger partial charge in [0.05, 0.1) is 12.6 Å². The third kappa shape index (κ3) is 4.66. The first-order chi connectivity index (χ1) is 15.1. The fraction of sp³-hybridized carbons (Fsp3) is 0.318. The van der Waals surface area contributed by atoms with Crippen molar-refractivity contribution >= 4 is 23.4 Å². The summed E-state index contributed by atoms with van der Waals surface area (Å²) in [6, 6.07) is 13.1. The molecule has 0 fully saturated rings. The highest BCUT2D eigenvalue weighted by atomic mass is 32.2. The molecule has 1 aromatic heterocycles. The number of carbonyl (C=O) groups is 1. The maximum absolute atomic E-state index is 13.2. The molecule has 162 valence electrons. The van der Waals surface area contributed by atoms with Gasteiger partial charge in [-0.2, -0.15) is 0 Å². The summed E-state index contributed by atoms with van der Waals surface area (Å²) in [4.78, 5) is 13.2. The molecule has 2 heterocycles. The summed E-state index contributed by atoms with van der Waals surface area (Å²) >= 11 is 1.36. The van der Waals surface area contributed by atoms with Crippen molar-refractivity contribution in [3.63, 3.8) is 0 Å². The monoisotopic (exact) mass is 441 g/mol. The molecule has 0 saturated carbocycles. The van der Waals surface area contributed by atoms with E-state index < -0.39 is 5.25 Å². The highest BCUT2D eigenvalue weighted by molar-refractivity contribution is 8.00. The molecule has 3 aromatic rings. The molecule has 1 aliphatic heterocycles. The third-order valence-electron chi connectivity index (χ3n) is 4.90. The number of anilines is 1. The van der Waals surface area contributed by atoms with Crippen LogP contribution in [0.5, 0.6) is 5.75 Å². The second-order valence-electron chi connectivity index (χ2n) is 7.13. The number of benzene rings is 2. The van der Waals surface area contributed by atoms with Crippen LogP contribution in [0.3, 0.4) is 0 Å². The number of fused-ring (bicyclic) bond motifs is 1. The maximum atomic E-state index is 13.2. The molecule has 0 bridgehead atoms. The van der Waals surface area contributed by atoms with Crippen molar-refractivity contribution in [3.05, 3.63) is 65.7 Å². The summed E-state index contributed by atoms with van der Waals surface area (Å²) in [5.74, 6) is 1.06. The van der Waals surface area contributed by atoms with Crippen LogP contribution in [-0.4, -0.2) is 32.6 Å². The van der Waals surface area contributed by atoms with Crippen LogP contribution in [0.15, 0.2) is 53.7 Å². The zero-order valence-corrected chi connectivity index (χ0v) is 18.2. The summed E-state index contributed by atoms with van der Waals surface area (Å²) in [5, 5.41) is 11.6. The number of aryl methyl sites for hydroxylation is 1. The van der Waals surface area contributed by atoms with Gasteiger partial charge in [0.15, 0.2) is 5.82 Å². The number of ether oxygens (including phenoxy) is 1. The molecule has 1 aliphatic rings. The molecule has 2 aromatic carbocycles. The van der Waals surface area contributed by atoms with Crippen molar-refractivity contribution in [3.8, 4) is 5.75 Å². The first kappa shape index (κ1) is 21.2. The number of halogens is 1. The lowest BCUT2D eigenvalue weighted by Crippen LogP contribution is -2.41. The molecule has 31 heavy (non-hydrogen) atoms. The minimum Gasteiger partial charge on any atom is -0.494 e. The predicted octanol–water partition coefficient (Wildman–Crippen LogP) is 4.17. The van der Waals surface area contributed by atoms with E-state index in [1.54, 1.807) is 12.1 Å². The maximum Gasteiger partial charge on any atom is 0.240 e. The molecule has 2 N–H and O–H groups in total. The van der Waals surface area contributed by atoms with Gasteiger partial charge in [-0.1, -0.05) is 30.8 Å². The van der Waals surface area contributed by atoms with Gasteiger partial charge >= 0.3 is 0 Å². The zero-order valence-electron chi connectivity index (χ0n) is 17.3. The molecule has 9 heteroatoms. The van der Waals surface area contributed by atoms with Crippen molar-refractivity contribution in [2.45, 2.75) is 43.1 Å². The van der Waals surface area contributed by atoms with Crippen LogP contribution in [0.4, 0.5) is 10.1 Å². The second kappa shape index (κ2) is 9.38. The van der Waals surface area contributed by atoms with E-state index >= 15 is 0 Å². The van der Waals surface area contributed by atoms with Crippen LogP contribution >= 0.6 is 11.8 Å². The Morgan fingerprint density at radius 1 is 1.16 bits per heavy atom. The van der Waals surface area contributed by atoms with Crippen molar-refractivity contribution in [1.82, 2.24) is 14.9 Å². The molecular weight excluding hydrogens is 417 g/mol. The number of hydrogen-bond acceptors (Lipinski definition) is 6. The molecule has 7 nitrogen and oxygen atoms in total. The van der Waals surface area contributed by atoms with Crippen molar-refractivity contribution < 1.29 is 13.9 Å². The topological polar surface area (TPSA) is 81.1 Å². The number of amides is 1. The lowest BCUT2D eigenvalue weighted by atomic mass is 10.0. The average Bonchev–Trinajstić information content (AvgIpc) is 3.17. The first-order valence-electron chi connectivity index (χ1n) is 10.3. The second-order valence-corrected chi connectivity index (χ2v) is 8.24. The third-order valence-corrected chi connectivity index (χ3v) is 6.11. The van der Waals surface area contributed by atoms with Crippen LogP contribution in [0.25, 0.3) is 0 Å². The number of hydrogen-bond donors (Lipinski definition) is 2. The van der Waals surface area contributed by atoms with E-state index in [-0.39, 0.29) is 17.8 Å². The smallest absolute Gasteiger partial charge is 0.240 e. The zero-order chi connectivity index (χ0) is 21.8. The van der Waals surface area contributed by atoms with E-state index in [2.05, 4.69) is 27.9 Å². The molecule has 0 saturated heterocycles. The summed E-state index contributed by atoms with van der Waals surface area (Å²) in [7, 11) is 0. The minimum absolute atomic E-state index is 0.200. The Hall–Kier alpha value is -3.07. The van der Waals surface area contributed by atoms with E-state index in [0.717, 1.165) is 30.0 Å². The Balaban J connectivity index is 1.64. The molecule has 2 atom stereocenters. The fourth-order valence-electron chi connectivity index (χ4n) is 3.42. The predicted molar refractivity (Wildman–Crippen MR) is 118 cm³/mol. The Morgan fingerprint density at radius 3 is 2.58 bits per heavy atom. The SMILES string of the molecule is CCCc1nnc2n1N[C@@H](c1ccc(OCC)cc1)[C@@H](C(=O)Nc1ccc(F)cc1)S2.